The van der Waals surface area contributed by atoms with Crippen LogP contribution in [0.2, 0.25) is 15.1 Å². The standard InChI is InChI=1S/C24H17Cl3FN3O4/c25-12-9-16(26)20(17(27)10-12)21-14-3-1-2-4-18(14)29-24(34)22(30-21)31-23(33)15-11-13(28)5-6-19(15)35-8-7-32/h1-6,9-11,22,32H,7-8H2,(H,29,34)(H,31,33)/t22-/m1/s1. The molecule has 7 nitrogen and oxygen atoms in total. The van der Waals surface area contributed by atoms with Crippen molar-refractivity contribution in [3.8, 4) is 5.75 Å². The quantitative estimate of drug-likeness (QED) is 0.425. The maximum absolute atomic E-state index is 13.9. The lowest BCUT2D eigenvalue weighted by Gasteiger charge is -2.16. The number of para-hydroxylation sites is 1. The second-order valence-electron chi connectivity index (χ2n) is 7.35. The second-order valence-corrected chi connectivity index (χ2v) is 8.60. The molecule has 0 bridgehead atoms. The molecule has 0 aliphatic carbocycles. The number of carbonyl (C=O) groups excluding carboxylic acids is 2. The number of aliphatic hydroxyl groups is 1. The molecule has 1 atom stereocenters. The molecular weight excluding hydrogens is 520 g/mol. The normalized spacial score (nSPS) is 14.9. The number of fused-ring (bicyclic) bond motifs is 1. The summed E-state index contributed by atoms with van der Waals surface area (Å²) >= 11 is 18.9. The highest BCUT2D eigenvalue weighted by Gasteiger charge is 2.30. The molecule has 11 heteroatoms. The van der Waals surface area contributed by atoms with E-state index in [9.17, 15) is 14.0 Å². The zero-order valence-electron chi connectivity index (χ0n) is 17.8. The smallest absolute Gasteiger partial charge is 0.269 e. The molecule has 35 heavy (non-hydrogen) atoms. The van der Waals surface area contributed by atoms with Crippen LogP contribution in [0, 0.1) is 5.82 Å². The molecule has 0 fully saturated rings. The molecule has 0 aromatic heterocycles. The maximum Gasteiger partial charge on any atom is 0.269 e. The fourth-order valence-corrected chi connectivity index (χ4v) is 4.48. The number of ether oxygens (including phenoxy) is 1. The Morgan fingerprint density at radius 1 is 1.11 bits per heavy atom. The Kier molecular flexibility index (Phi) is 7.57. The van der Waals surface area contributed by atoms with E-state index in [1.807, 2.05) is 0 Å². The second kappa shape index (κ2) is 10.6. The third-order valence-electron chi connectivity index (χ3n) is 4.99. The van der Waals surface area contributed by atoms with Gasteiger partial charge in [-0.15, -0.1) is 0 Å². The van der Waals surface area contributed by atoms with Crippen LogP contribution in [0.5, 0.6) is 5.75 Å². The number of benzodiazepines with no additional fused rings is 1. The van der Waals surface area contributed by atoms with Gasteiger partial charge in [0.25, 0.3) is 11.8 Å². The van der Waals surface area contributed by atoms with Gasteiger partial charge in [-0.25, -0.2) is 9.38 Å². The molecule has 0 saturated carbocycles. The van der Waals surface area contributed by atoms with Crippen molar-refractivity contribution < 1.29 is 23.8 Å². The van der Waals surface area contributed by atoms with E-state index in [2.05, 4.69) is 15.6 Å². The average Bonchev–Trinajstić information content (AvgIpc) is 2.94. The number of anilines is 1. The van der Waals surface area contributed by atoms with Crippen molar-refractivity contribution in [1.82, 2.24) is 5.32 Å². The van der Waals surface area contributed by atoms with Crippen molar-refractivity contribution in [3.05, 3.63) is 92.2 Å². The number of amides is 2. The van der Waals surface area contributed by atoms with Gasteiger partial charge in [0.15, 0.2) is 0 Å². The topological polar surface area (TPSA) is 100 Å². The number of nitrogens with zero attached hydrogens (tertiary/aromatic N) is 1. The van der Waals surface area contributed by atoms with Gasteiger partial charge in [-0.2, -0.15) is 0 Å². The number of benzene rings is 3. The van der Waals surface area contributed by atoms with Crippen LogP contribution in [0.25, 0.3) is 0 Å². The summed E-state index contributed by atoms with van der Waals surface area (Å²) in [6.07, 6.45) is -1.43. The Labute approximate surface area is 214 Å². The van der Waals surface area contributed by atoms with Crippen LogP contribution in [0.4, 0.5) is 10.1 Å². The summed E-state index contributed by atoms with van der Waals surface area (Å²) in [7, 11) is 0. The van der Waals surface area contributed by atoms with Gasteiger partial charge in [0.1, 0.15) is 18.2 Å². The maximum atomic E-state index is 13.9. The third kappa shape index (κ3) is 5.41. The summed E-state index contributed by atoms with van der Waals surface area (Å²) in [6.45, 7) is -0.418. The lowest BCUT2D eigenvalue weighted by atomic mass is 10.0. The molecule has 3 aromatic carbocycles. The molecule has 180 valence electrons. The summed E-state index contributed by atoms with van der Waals surface area (Å²) < 4.78 is 19.2. The SMILES string of the molecule is O=C(N[C@H]1N=C(c2c(Cl)cc(Cl)cc2Cl)c2ccccc2NC1=O)c1cc(F)ccc1OCCO. The van der Waals surface area contributed by atoms with Crippen LogP contribution in [0.15, 0.2) is 59.6 Å². The number of rotatable bonds is 6. The van der Waals surface area contributed by atoms with E-state index in [0.29, 0.717) is 21.8 Å². The van der Waals surface area contributed by atoms with Crippen LogP contribution in [-0.2, 0) is 4.79 Å². The van der Waals surface area contributed by atoms with Crippen molar-refractivity contribution in [2.75, 3.05) is 18.5 Å². The zero-order chi connectivity index (χ0) is 25.1. The number of aliphatic hydroxyl groups excluding tert-OH is 1. The predicted octanol–water partition coefficient (Wildman–Crippen LogP) is 4.70. The van der Waals surface area contributed by atoms with Crippen molar-refractivity contribution in [3.63, 3.8) is 0 Å². The first-order valence-electron chi connectivity index (χ1n) is 10.3. The van der Waals surface area contributed by atoms with E-state index >= 15 is 0 Å². The van der Waals surface area contributed by atoms with Crippen molar-refractivity contribution in [2.45, 2.75) is 6.17 Å². The highest BCUT2D eigenvalue weighted by molar-refractivity contribution is 6.44. The molecule has 3 N–H and O–H groups in total. The van der Waals surface area contributed by atoms with Crippen molar-refractivity contribution in [2.24, 2.45) is 4.99 Å². The molecule has 4 rings (SSSR count). The number of halogens is 4. The summed E-state index contributed by atoms with van der Waals surface area (Å²) in [5.74, 6) is -2.12. The fourth-order valence-electron chi connectivity index (χ4n) is 3.49. The van der Waals surface area contributed by atoms with Crippen LogP contribution in [0.1, 0.15) is 21.5 Å². The summed E-state index contributed by atoms with van der Waals surface area (Å²) in [5.41, 5.74) is 1.33. The van der Waals surface area contributed by atoms with Gasteiger partial charge in [0, 0.05) is 16.1 Å². The summed E-state index contributed by atoms with van der Waals surface area (Å²) in [6, 6.07) is 13.1. The van der Waals surface area contributed by atoms with Crippen LogP contribution >= 0.6 is 34.8 Å². The number of hydrogen-bond acceptors (Lipinski definition) is 5. The van der Waals surface area contributed by atoms with Gasteiger partial charge in [-0.05, 0) is 36.4 Å². The minimum absolute atomic E-state index is 0.0308. The van der Waals surface area contributed by atoms with Gasteiger partial charge < -0.3 is 20.5 Å². The first-order valence-corrected chi connectivity index (χ1v) is 11.4. The molecule has 0 saturated heterocycles. The minimum atomic E-state index is -1.43. The van der Waals surface area contributed by atoms with Crippen molar-refractivity contribution in [1.29, 1.82) is 0 Å². The van der Waals surface area contributed by atoms with Crippen LogP contribution < -0.4 is 15.4 Å². The highest BCUT2D eigenvalue weighted by atomic mass is 35.5. The summed E-state index contributed by atoms with van der Waals surface area (Å²) in [5, 5.41) is 14.9. The van der Waals surface area contributed by atoms with E-state index in [1.165, 1.54) is 18.2 Å². The molecule has 1 heterocycles. The van der Waals surface area contributed by atoms with E-state index in [4.69, 9.17) is 44.6 Å². The molecule has 0 radical (unpaired) electrons. The molecule has 0 spiro atoms. The molecular formula is C24H17Cl3FN3O4. The van der Waals surface area contributed by atoms with Crippen LogP contribution in [-0.4, -0.2) is 42.0 Å². The first-order chi connectivity index (χ1) is 16.8. The Bertz CT molecular complexity index is 1330. The Morgan fingerprint density at radius 2 is 1.83 bits per heavy atom. The Hall–Kier alpha value is -3.17. The van der Waals surface area contributed by atoms with Crippen molar-refractivity contribution >= 4 is 58.0 Å². The van der Waals surface area contributed by atoms with Crippen LogP contribution in [0.3, 0.4) is 0 Å². The van der Waals surface area contributed by atoms with E-state index < -0.39 is 23.8 Å². The molecule has 1 aliphatic rings. The number of nitrogens with one attached hydrogen (secondary N) is 2. The fraction of sp³-hybridized carbons (Fsp3) is 0.125. The van der Waals surface area contributed by atoms with Gasteiger partial charge in [0.05, 0.1) is 33.6 Å². The molecule has 3 aromatic rings. The van der Waals surface area contributed by atoms with E-state index in [0.717, 1.165) is 12.1 Å². The highest BCUT2D eigenvalue weighted by Crippen LogP contribution is 2.34. The van der Waals surface area contributed by atoms with Gasteiger partial charge in [-0.3, -0.25) is 9.59 Å². The lowest BCUT2D eigenvalue weighted by molar-refractivity contribution is -0.117. The van der Waals surface area contributed by atoms with Gasteiger partial charge in [-0.1, -0.05) is 53.0 Å². The molecule has 0 unspecified atom stereocenters. The van der Waals surface area contributed by atoms with E-state index in [-0.39, 0.29) is 40.3 Å². The average molecular weight is 537 g/mol. The monoisotopic (exact) mass is 535 g/mol. The summed E-state index contributed by atoms with van der Waals surface area (Å²) in [4.78, 5) is 30.6. The zero-order valence-corrected chi connectivity index (χ0v) is 20.1. The van der Waals surface area contributed by atoms with Gasteiger partial charge in [0.2, 0.25) is 6.17 Å². The number of aliphatic imine (C=N–C) groups is 1. The molecule has 2 amide bonds. The Balaban J connectivity index is 1.78. The van der Waals surface area contributed by atoms with Gasteiger partial charge >= 0.3 is 0 Å². The lowest BCUT2D eigenvalue weighted by Crippen LogP contribution is -2.42. The minimum Gasteiger partial charge on any atom is -0.490 e. The number of hydrogen-bond donors (Lipinski definition) is 3. The molecule has 1 aliphatic heterocycles. The third-order valence-corrected chi connectivity index (χ3v) is 5.81. The Morgan fingerprint density at radius 3 is 2.54 bits per heavy atom. The largest absolute Gasteiger partial charge is 0.490 e. The van der Waals surface area contributed by atoms with E-state index in [1.54, 1.807) is 24.3 Å². The first kappa shape index (κ1) is 24.9. The predicted molar refractivity (Wildman–Crippen MR) is 132 cm³/mol. The number of carbonyl (C=O) groups is 2.